The van der Waals surface area contributed by atoms with E-state index < -0.39 is 17.7 Å². The first-order chi connectivity index (χ1) is 18.9. The zero-order valence-corrected chi connectivity index (χ0v) is 21.3. The molecule has 5 rings (SSSR count). The summed E-state index contributed by atoms with van der Waals surface area (Å²) in [5.41, 5.74) is 2.21. The van der Waals surface area contributed by atoms with Gasteiger partial charge in [0.2, 0.25) is 12.2 Å². The number of aromatic amines is 1. The number of hydrogen-bond donors (Lipinski definition) is 2. The van der Waals surface area contributed by atoms with Crippen LogP contribution in [-0.2, 0) is 25.5 Å². The average Bonchev–Trinajstić information content (AvgIpc) is 3.42. The minimum atomic E-state index is -0.963. The highest BCUT2D eigenvalue weighted by atomic mass is 19.1. The van der Waals surface area contributed by atoms with Crippen LogP contribution < -0.4 is 5.32 Å². The van der Waals surface area contributed by atoms with Crippen LogP contribution in [0.5, 0.6) is 0 Å². The number of benzene rings is 1. The molecule has 10 nitrogen and oxygen atoms in total. The van der Waals surface area contributed by atoms with E-state index in [0.717, 1.165) is 5.69 Å². The minimum absolute atomic E-state index is 0.0741. The Morgan fingerprint density at radius 2 is 1.95 bits per heavy atom. The van der Waals surface area contributed by atoms with Crippen molar-refractivity contribution in [2.24, 2.45) is 5.41 Å². The van der Waals surface area contributed by atoms with Gasteiger partial charge in [-0.1, -0.05) is 18.7 Å². The summed E-state index contributed by atoms with van der Waals surface area (Å²) in [5, 5.41) is 3.17. The molecule has 1 aromatic carbocycles. The van der Waals surface area contributed by atoms with E-state index in [4.69, 9.17) is 19.2 Å². The van der Waals surface area contributed by atoms with Crippen molar-refractivity contribution in [1.29, 1.82) is 0 Å². The average molecular weight is 531 g/mol. The molecular weight excluding hydrogens is 503 g/mol. The summed E-state index contributed by atoms with van der Waals surface area (Å²) in [5.74, 6) is -0.00820. The molecule has 4 heterocycles. The Morgan fingerprint density at radius 1 is 1.15 bits per heavy atom. The summed E-state index contributed by atoms with van der Waals surface area (Å²) in [6.07, 6.45) is 3.99. The smallest absolute Gasteiger partial charge is 0.316 e. The largest absolute Gasteiger partial charge is 0.461 e. The number of pyridine rings is 1. The second kappa shape index (κ2) is 11.5. The number of nitrogens with zero attached hydrogens (tertiary/aromatic N) is 4. The number of halogens is 1. The molecule has 0 spiro atoms. The molecule has 1 aliphatic rings. The normalized spacial score (nSPS) is 18.9. The molecule has 0 aliphatic carbocycles. The third-order valence-corrected chi connectivity index (χ3v) is 6.06. The molecule has 1 fully saturated rings. The predicted octanol–water partition coefficient (Wildman–Crippen LogP) is 4.46. The summed E-state index contributed by atoms with van der Waals surface area (Å²) in [4.78, 5) is 33.7. The highest BCUT2D eigenvalue weighted by Crippen LogP contribution is 2.36. The number of hydrogen-bond acceptors (Lipinski definition) is 9. The van der Waals surface area contributed by atoms with Gasteiger partial charge in [0.05, 0.1) is 42.5 Å². The minimum Gasteiger partial charge on any atom is -0.461 e. The molecule has 0 saturated carbocycles. The Hall–Kier alpha value is -4.48. The number of aromatic nitrogens is 5. The van der Waals surface area contributed by atoms with E-state index in [1.807, 2.05) is 18.2 Å². The third-order valence-electron chi connectivity index (χ3n) is 6.06. The van der Waals surface area contributed by atoms with Gasteiger partial charge in [-0.05, 0) is 49.4 Å². The summed E-state index contributed by atoms with van der Waals surface area (Å²) in [6, 6.07) is 13.4. The van der Waals surface area contributed by atoms with E-state index in [2.05, 4.69) is 31.8 Å². The quantitative estimate of drug-likeness (QED) is 0.238. The van der Waals surface area contributed by atoms with Gasteiger partial charge in [-0.3, -0.25) is 9.78 Å². The van der Waals surface area contributed by atoms with Gasteiger partial charge in [0.15, 0.2) is 5.82 Å². The SMILES string of the molecule is C=CCOC(=O)C1(C)COC(c2nc(-c3ccc(F)cc3)c(-c3ccnc(NCc4ccccn4)n3)[nH]2)OC1. The molecule has 0 atom stereocenters. The lowest BCUT2D eigenvalue weighted by molar-refractivity contribution is -0.238. The Bertz CT molecular complexity index is 1440. The summed E-state index contributed by atoms with van der Waals surface area (Å²) in [7, 11) is 0. The van der Waals surface area contributed by atoms with Crippen LogP contribution in [0, 0.1) is 11.2 Å². The van der Waals surface area contributed by atoms with E-state index in [0.29, 0.717) is 41.0 Å². The first-order valence-corrected chi connectivity index (χ1v) is 12.3. The van der Waals surface area contributed by atoms with Gasteiger partial charge < -0.3 is 24.5 Å². The fraction of sp³-hybridized carbons (Fsp3) is 0.250. The lowest BCUT2D eigenvalue weighted by atomic mass is 9.92. The molecular formula is C28H27FN6O4. The van der Waals surface area contributed by atoms with Gasteiger partial charge in [-0.2, -0.15) is 0 Å². The van der Waals surface area contributed by atoms with Crippen LogP contribution in [0.25, 0.3) is 22.6 Å². The Labute approximate surface area is 224 Å². The van der Waals surface area contributed by atoms with Crippen LogP contribution in [0.3, 0.4) is 0 Å². The monoisotopic (exact) mass is 530 g/mol. The second-order valence-electron chi connectivity index (χ2n) is 9.19. The lowest BCUT2D eigenvalue weighted by Crippen LogP contribution is -2.43. The van der Waals surface area contributed by atoms with E-state index in [-0.39, 0.29) is 25.6 Å². The number of nitrogens with one attached hydrogen (secondary N) is 2. The molecule has 1 aliphatic heterocycles. The van der Waals surface area contributed by atoms with Crippen molar-refractivity contribution >= 4 is 11.9 Å². The first kappa shape index (κ1) is 26.1. The molecule has 0 unspecified atom stereocenters. The molecule has 4 aromatic rings. The van der Waals surface area contributed by atoms with Crippen molar-refractivity contribution in [2.45, 2.75) is 19.8 Å². The van der Waals surface area contributed by atoms with Gasteiger partial charge >= 0.3 is 5.97 Å². The fourth-order valence-corrected chi connectivity index (χ4v) is 3.95. The molecule has 3 aromatic heterocycles. The van der Waals surface area contributed by atoms with Crippen LogP contribution in [0.1, 0.15) is 24.7 Å². The summed E-state index contributed by atoms with van der Waals surface area (Å²) >= 11 is 0. The predicted molar refractivity (Wildman–Crippen MR) is 140 cm³/mol. The van der Waals surface area contributed by atoms with Crippen molar-refractivity contribution in [3.63, 3.8) is 0 Å². The number of esters is 1. The van der Waals surface area contributed by atoms with Crippen LogP contribution in [0.2, 0.25) is 0 Å². The maximum absolute atomic E-state index is 13.7. The summed E-state index contributed by atoms with van der Waals surface area (Å²) in [6.45, 7) is 5.98. The number of anilines is 1. The maximum atomic E-state index is 13.7. The van der Waals surface area contributed by atoms with Crippen molar-refractivity contribution in [3.05, 3.63) is 90.9 Å². The molecule has 0 bridgehead atoms. The molecule has 0 amide bonds. The van der Waals surface area contributed by atoms with E-state index in [9.17, 15) is 9.18 Å². The molecule has 200 valence electrons. The van der Waals surface area contributed by atoms with Crippen molar-refractivity contribution in [1.82, 2.24) is 24.9 Å². The van der Waals surface area contributed by atoms with Crippen LogP contribution in [0.15, 0.2) is 73.6 Å². The zero-order chi connectivity index (χ0) is 27.2. The Balaban J connectivity index is 1.41. The Morgan fingerprint density at radius 3 is 2.67 bits per heavy atom. The van der Waals surface area contributed by atoms with E-state index in [1.54, 1.807) is 37.5 Å². The molecule has 1 saturated heterocycles. The molecule has 2 N–H and O–H groups in total. The van der Waals surface area contributed by atoms with Gasteiger partial charge in [0.1, 0.15) is 17.8 Å². The standard InChI is InChI=1S/C28H27FN6O4/c1-3-14-37-26(36)28(2)16-38-25(39-17-28)24-34-22(18-7-9-19(29)10-8-18)23(35-24)21-11-13-31-27(33-21)32-15-20-6-4-5-12-30-20/h3-13,25H,1,14-17H2,2H3,(H,34,35)(H,31,32,33). The topological polar surface area (TPSA) is 124 Å². The van der Waals surface area contributed by atoms with Crippen molar-refractivity contribution < 1.29 is 23.4 Å². The molecule has 39 heavy (non-hydrogen) atoms. The number of carbonyl (C=O) groups is 1. The number of H-pyrrole nitrogens is 1. The van der Waals surface area contributed by atoms with Crippen LogP contribution >= 0.6 is 0 Å². The maximum Gasteiger partial charge on any atom is 0.316 e. The van der Waals surface area contributed by atoms with Crippen molar-refractivity contribution in [3.8, 4) is 22.6 Å². The van der Waals surface area contributed by atoms with Gasteiger partial charge in [-0.25, -0.2) is 19.3 Å². The van der Waals surface area contributed by atoms with Gasteiger partial charge in [0, 0.05) is 18.0 Å². The number of rotatable bonds is 9. The zero-order valence-electron chi connectivity index (χ0n) is 21.3. The third kappa shape index (κ3) is 6.00. The second-order valence-corrected chi connectivity index (χ2v) is 9.19. The van der Waals surface area contributed by atoms with Crippen LogP contribution in [0.4, 0.5) is 10.3 Å². The number of ether oxygens (including phenoxy) is 3. The van der Waals surface area contributed by atoms with Crippen molar-refractivity contribution in [2.75, 3.05) is 25.1 Å². The van der Waals surface area contributed by atoms with E-state index in [1.165, 1.54) is 18.2 Å². The molecule has 0 radical (unpaired) electrons. The fourth-order valence-electron chi connectivity index (χ4n) is 3.95. The van der Waals surface area contributed by atoms with Crippen LogP contribution in [-0.4, -0.2) is 50.7 Å². The van der Waals surface area contributed by atoms with Gasteiger partial charge in [0.25, 0.3) is 0 Å². The Kier molecular flexibility index (Phi) is 7.71. The number of carbonyl (C=O) groups excluding carboxylic acids is 1. The first-order valence-electron chi connectivity index (χ1n) is 12.3. The highest BCUT2D eigenvalue weighted by molar-refractivity contribution is 5.78. The van der Waals surface area contributed by atoms with Gasteiger partial charge in [-0.15, -0.1) is 0 Å². The number of imidazole rings is 1. The van der Waals surface area contributed by atoms with E-state index >= 15 is 0 Å². The lowest BCUT2D eigenvalue weighted by Gasteiger charge is -2.34. The molecule has 11 heteroatoms. The highest BCUT2D eigenvalue weighted by Gasteiger charge is 2.42. The summed E-state index contributed by atoms with van der Waals surface area (Å²) < 4.78 is 30.7.